The van der Waals surface area contributed by atoms with Gasteiger partial charge in [-0.1, -0.05) is 18.2 Å². The Morgan fingerprint density at radius 1 is 1.10 bits per heavy atom. The highest BCUT2D eigenvalue weighted by atomic mass is 16.5. The third-order valence-corrected chi connectivity index (χ3v) is 5.67. The monoisotopic (exact) mass is 409 g/mol. The van der Waals surface area contributed by atoms with Crippen LogP contribution in [0.5, 0.6) is 11.5 Å². The van der Waals surface area contributed by atoms with Crippen LogP contribution in [0, 0.1) is 6.92 Å². The maximum Gasteiger partial charge on any atom is 0.268 e. The number of carbonyl (C=O) groups is 2. The number of methoxy groups -OCH3 is 1. The van der Waals surface area contributed by atoms with Gasteiger partial charge >= 0.3 is 0 Å². The van der Waals surface area contributed by atoms with Crippen LogP contribution in [0.4, 0.5) is 11.4 Å². The van der Waals surface area contributed by atoms with Gasteiger partial charge in [0.15, 0.2) is 6.10 Å². The lowest BCUT2D eigenvalue weighted by molar-refractivity contribution is -0.133. The molecule has 0 N–H and O–H groups in total. The van der Waals surface area contributed by atoms with E-state index in [0.717, 1.165) is 30.1 Å². The number of aryl methyl sites for hydroxylation is 1. The third-order valence-electron chi connectivity index (χ3n) is 5.67. The summed E-state index contributed by atoms with van der Waals surface area (Å²) in [6.45, 7) is 6.34. The van der Waals surface area contributed by atoms with Crippen molar-refractivity contribution in [1.82, 2.24) is 4.90 Å². The second-order valence-corrected chi connectivity index (χ2v) is 7.70. The Kier molecular flexibility index (Phi) is 5.53. The summed E-state index contributed by atoms with van der Waals surface area (Å²) in [5.74, 6) is 1.23. The number of hydrogen-bond donors (Lipinski definition) is 0. The van der Waals surface area contributed by atoms with E-state index in [9.17, 15) is 9.59 Å². The third kappa shape index (κ3) is 3.79. The van der Waals surface area contributed by atoms with Crippen molar-refractivity contribution in [2.45, 2.75) is 20.0 Å². The lowest BCUT2D eigenvalue weighted by atomic mass is 10.1. The molecular formula is C23H27N3O4. The molecule has 0 aromatic heterocycles. The Bertz CT molecular complexity index is 953. The normalized spacial score (nSPS) is 18.7. The van der Waals surface area contributed by atoms with Crippen LogP contribution < -0.4 is 19.3 Å². The first-order chi connectivity index (χ1) is 14.5. The van der Waals surface area contributed by atoms with Crippen molar-refractivity contribution in [3.63, 3.8) is 0 Å². The van der Waals surface area contributed by atoms with Crippen molar-refractivity contribution in [3.05, 3.63) is 48.0 Å². The molecule has 2 aromatic rings. The quantitative estimate of drug-likeness (QED) is 0.776. The molecule has 0 saturated carbocycles. The molecule has 1 atom stereocenters. The van der Waals surface area contributed by atoms with E-state index in [4.69, 9.17) is 9.47 Å². The summed E-state index contributed by atoms with van der Waals surface area (Å²) in [4.78, 5) is 31.4. The van der Waals surface area contributed by atoms with Crippen LogP contribution in [0.2, 0.25) is 0 Å². The van der Waals surface area contributed by atoms with E-state index >= 15 is 0 Å². The van der Waals surface area contributed by atoms with E-state index in [1.54, 1.807) is 18.9 Å². The molecule has 158 valence electrons. The molecule has 7 nitrogen and oxygen atoms in total. The van der Waals surface area contributed by atoms with Crippen molar-refractivity contribution in [1.29, 1.82) is 0 Å². The predicted molar refractivity (Wildman–Crippen MR) is 115 cm³/mol. The summed E-state index contributed by atoms with van der Waals surface area (Å²) < 4.78 is 11.2. The standard InChI is InChI=1S/C23H27N3O4/c1-16-8-9-21-19(14-16)26(23(28)17(2)30-21)15-22(27)25-12-10-24(11-13-25)18-6-4-5-7-20(18)29-3/h4-9,14,17H,10-13,15H2,1-3H3/t17-/m0/s1. The average molecular weight is 409 g/mol. The fourth-order valence-corrected chi connectivity index (χ4v) is 4.00. The highest BCUT2D eigenvalue weighted by Crippen LogP contribution is 2.35. The molecule has 30 heavy (non-hydrogen) atoms. The van der Waals surface area contributed by atoms with Gasteiger partial charge in [-0.15, -0.1) is 0 Å². The number of piperazine rings is 1. The summed E-state index contributed by atoms with van der Waals surface area (Å²) in [7, 11) is 1.67. The Morgan fingerprint density at radius 2 is 1.83 bits per heavy atom. The number of ether oxygens (including phenoxy) is 2. The largest absolute Gasteiger partial charge is 0.495 e. The Balaban J connectivity index is 1.44. The van der Waals surface area contributed by atoms with Crippen LogP contribution in [-0.2, 0) is 9.59 Å². The van der Waals surface area contributed by atoms with Gasteiger partial charge in [0.2, 0.25) is 5.91 Å². The topological polar surface area (TPSA) is 62.3 Å². The lowest BCUT2D eigenvalue weighted by Crippen LogP contribution is -2.54. The van der Waals surface area contributed by atoms with Crippen molar-refractivity contribution < 1.29 is 19.1 Å². The molecule has 2 amide bonds. The Labute approximate surface area is 176 Å². The van der Waals surface area contributed by atoms with E-state index < -0.39 is 6.10 Å². The minimum atomic E-state index is -0.601. The second kappa shape index (κ2) is 8.26. The minimum absolute atomic E-state index is 0.0254. The molecule has 1 saturated heterocycles. The molecule has 2 aliphatic rings. The van der Waals surface area contributed by atoms with Crippen LogP contribution in [0.25, 0.3) is 0 Å². The summed E-state index contributed by atoms with van der Waals surface area (Å²) >= 11 is 0. The van der Waals surface area contributed by atoms with Crippen LogP contribution in [-0.4, -0.2) is 62.7 Å². The first-order valence-corrected chi connectivity index (χ1v) is 10.2. The van der Waals surface area contributed by atoms with Crippen molar-refractivity contribution in [2.75, 3.05) is 49.6 Å². The summed E-state index contributed by atoms with van der Waals surface area (Å²) in [5, 5.41) is 0. The van der Waals surface area contributed by atoms with Crippen LogP contribution in [0.1, 0.15) is 12.5 Å². The highest BCUT2D eigenvalue weighted by Gasteiger charge is 2.34. The number of nitrogens with zero attached hydrogens (tertiary/aromatic N) is 3. The average Bonchev–Trinajstić information content (AvgIpc) is 2.77. The fourth-order valence-electron chi connectivity index (χ4n) is 4.00. The molecule has 7 heteroatoms. The SMILES string of the molecule is COc1ccccc1N1CCN(C(=O)CN2C(=O)[C@H](C)Oc3ccc(C)cc32)CC1. The van der Waals surface area contributed by atoms with E-state index in [-0.39, 0.29) is 18.4 Å². The van der Waals surface area contributed by atoms with E-state index in [1.807, 2.05) is 54.3 Å². The molecule has 0 aliphatic carbocycles. The number of para-hydroxylation sites is 2. The van der Waals surface area contributed by atoms with Gasteiger partial charge in [-0.3, -0.25) is 14.5 Å². The van der Waals surface area contributed by atoms with E-state index in [0.29, 0.717) is 24.5 Å². The molecular weight excluding hydrogens is 382 g/mol. The maximum absolute atomic E-state index is 13.0. The number of carbonyl (C=O) groups excluding carboxylic acids is 2. The molecule has 0 unspecified atom stereocenters. The zero-order chi connectivity index (χ0) is 21.3. The smallest absolute Gasteiger partial charge is 0.268 e. The number of anilines is 2. The van der Waals surface area contributed by atoms with E-state index in [2.05, 4.69) is 4.90 Å². The summed E-state index contributed by atoms with van der Waals surface area (Å²) in [5.41, 5.74) is 2.72. The molecule has 2 heterocycles. The fraction of sp³-hybridized carbons (Fsp3) is 0.391. The second-order valence-electron chi connectivity index (χ2n) is 7.70. The summed E-state index contributed by atoms with van der Waals surface area (Å²) in [6.07, 6.45) is -0.601. The number of rotatable bonds is 4. The van der Waals surface area contributed by atoms with Gasteiger partial charge in [-0.25, -0.2) is 0 Å². The van der Waals surface area contributed by atoms with Crippen LogP contribution in [0.3, 0.4) is 0 Å². The van der Waals surface area contributed by atoms with Crippen molar-refractivity contribution in [2.24, 2.45) is 0 Å². The zero-order valence-electron chi connectivity index (χ0n) is 17.6. The Hall–Kier alpha value is -3.22. The van der Waals surface area contributed by atoms with Gasteiger partial charge in [-0.05, 0) is 43.7 Å². The first-order valence-electron chi connectivity index (χ1n) is 10.2. The van der Waals surface area contributed by atoms with Gasteiger partial charge in [0, 0.05) is 26.2 Å². The molecule has 0 spiro atoms. The van der Waals surface area contributed by atoms with Crippen LogP contribution in [0.15, 0.2) is 42.5 Å². The molecule has 2 aliphatic heterocycles. The molecule has 0 bridgehead atoms. The summed E-state index contributed by atoms with van der Waals surface area (Å²) in [6, 6.07) is 13.6. The van der Waals surface area contributed by atoms with E-state index in [1.165, 1.54) is 0 Å². The maximum atomic E-state index is 13.0. The number of hydrogen-bond acceptors (Lipinski definition) is 5. The molecule has 0 radical (unpaired) electrons. The lowest BCUT2D eigenvalue weighted by Gasteiger charge is -2.38. The number of amides is 2. The highest BCUT2D eigenvalue weighted by molar-refractivity contribution is 6.03. The van der Waals surface area contributed by atoms with Gasteiger partial charge in [0.05, 0.1) is 18.5 Å². The van der Waals surface area contributed by atoms with Crippen LogP contribution >= 0.6 is 0 Å². The van der Waals surface area contributed by atoms with Crippen molar-refractivity contribution >= 4 is 23.2 Å². The first kappa shape index (κ1) is 20.1. The molecule has 2 aromatic carbocycles. The zero-order valence-corrected chi connectivity index (χ0v) is 17.6. The molecule has 1 fully saturated rings. The van der Waals surface area contributed by atoms with Crippen molar-refractivity contribution in [3.8, 4) is 11.5 Å². The predicted octanol–water partition coefficient (Wildman–Crippen LogP) is 2.47. The molecule has 4 rings (SSSR count). The van der Waals surface area contributed by atoms with Gasteiger partial charge in [-0.2, -0.15) is 0 Å². The van der Waals surface area contributed by atoms with Gasteiger partial charge < -0.3 is 19.3 Å². The Morgan fingerprint density at radius 3 is 2.57 bits per heavy atom. The van der Waals surface area contributed by atoms with Gasteiger partial charge in [0.25, 0.3) is 5.91 Å². The minimum Gasteiger partial charge on any atom is -0.495 e. The van der Waals surface area contributed by atoms with Gasteiger partial charge in [0.1, 0.15) is 18.0 Å². The number of fused-ring (bicyclic) bond motifs is 1. The number of benzene rings is 2.